The van der Waals surface area contributed by atoms with Crippen LogP contribution in [-0.4, -0.2) is 56.3 Å². The van der Waals surface area contributed by atoms with E-state index in [0.717, 1.165) is 0 Å². The number of phenolic OH excluding ortho intramolecular Hbond substituents is 2. The van der Waals surface area contributed by atoms with Gasteiger partial charge in [-0.25, -0.2) is 0 Å². The van der Waals surface area contributed by atoms with Crippen LogP contribution in [0, 0.1) is 0 Å². The molecule has 0 aliphatic rings. The quantitative estimate of drug-likeness (QED) is 0.582. The molecule has 3 aromatic rings. The summed E-state index contributed by atoms with van der Waals surface area (Å²) in [5.41, 5.74) is 0.721. The first-order chi connectivity index (χ1) is 13.8. The zero-order valence-electron chi connectivity index (χ0n) is 16.9. The summed E-state index contributed by atoms with van der Waals surface area (Å²) >= 11 is 0. The number of phenols is 2. The summed E-state index contributed by atoms with van der Waals surface area (Å²) in [5, 5.41) is 21.0. The molecule has 0 radical (unpaired) electrons. The lowest BCUT2D eigenvalue weighted by Gasteiger charge is -2.12. The average Bonchev–Trinajstić information content (AvgIpc) is 3.06. The number of ketones is 1. The highest BCUT2D eigenvalue weighted by Crippen LogP contribution is 2.42. The van der Waals surface area contributed by atoms with Crippen molar-refractivity contribution in [1.29, 1.82) is 0 Å². The molecule has 0 aliphatic heterocycles. The summed E-state index contributed by atoms with van der Waals surface area (Å²) < 4.78 is 21.3. The van der Waals surface area contributed by atoms with Gasteiger partial charge in [-0.2, -0.15) is 0 Å². The molecule has 29 heavy (non-hydrogen) atoms. The molecule has 0 bridgehead atoms. The van der Waals surface area contributed by atoms with Crippen molar-refractivity contribution in [2.24, 2.45) is 0 Å². The van der Waals surface area contributed by atoms with Gasteiger partial charge in [-0.05, 0) is 38.4 Å². The minimum absolute atomic E-state index is 0.110. The Labute approximate surface area is 167 Å². The number of furan rings is 1. The third kappa shape index (κ3) is 3.54. The Morgan fingerprint density at radius 2 is 1.55 bits per heavy atom. The molecule has 2 aromatic carbocycles. The molecule has 0 saturated carbocycles. The Morgan fingerprint density at radius 3 is 2.07 bits per heavy atom. The van der Waals surface area contributed by atoms with Crippen molar-refractivity contribution in [3.05, 3.63) is 41.2 Å². The number of benzene rings is 2. The monoisotopic (exact) mass is 401 g/mol. The summed E-state index contributed by atoms with van der Waals surface area (Å²) in [4.78, 5) is 15.3. The largest absolute Gasteiger partial charge is 0.502 e. The fourth-order valence-corrected chi connectivity index (χ4v) is 3.16. The van der Waals surface area contributed by atoms with E-state index >= 15 is 0 Å². The highest BCUT2D eigenvalue weighted by atomic mass is 16.5. The second-order valence-electron chi connectivity index (χ2n) is 6.69. The van der Waals surface area contributed by atoms with Gasteiger partial charge in [-0.15, -0.1) is 0 Å². The van der Waals surface area contributed by atoms with E-state index in [9.17, 15) is 15.0 Å². The normalized spacial score (nSPS) is 11.1. The van der Waals surface area contributed by atoms with Gasteiger partial charge < -0.3 is 33.7 Å². The molecule has 8 heteroatoms. The van der Waals surface area contributed by atoms with E-state index in [4.69, 9.17) is 18.6 Å². The van der Waals surface area contributed by atoms with E-state index < -0.39 is 0 Å². The number of hydrogen-bond donors (Lipinski definition) is 2. The molecule has 0 amide bonds. The molecule has 154 valence electrons. The maximum atomic E-state index is 13.5. The van der Waals surface area contributed by atoms with Gasteiger partial charge in [0.05, 0.1) is 33.4 Å². The maximum absolute atomic E-state index is 13.5. The van der Waals surface area contributed by atoms with Gasteiger partial charge in [0.2, 0.25) is 11.5 Å². The van der Waals surface area contributed by atoms with Crippen LogP contribution in [0.4, 0.5) is 0 Å². The molecular weight excluding hydrogens is 378 g/mol. The van der Waals surface area contributed by atoms with Crippen LogP contribution in [0.25, 0.3) is 11.0 Å². The molecule has 3 rings (SSSR count). The van der Waals surface area contributed by atoms with Gasteiger partial charge in [-0.3, -0.25) is 4.79 Å². The van der Waals surface area contributed by atoms with E-state index in [1.165, 1.54) is 33.5 Å². The zero-order chi connectivity index (χ0) is 21.3. The zero-order valence-corrected chi connectivity index (χ0v) is 16.9. The topological polar surface area (TPSA) is 102 Å². The van der Waals surface area contributed by atoms with Crippen LogP contribution in [0.5, 0.6) is 28.7 Å². The minimum Gasteiger partial charge on any atom is -0.502 e. The Bertz CT molecular complexity index is 1040. The number of methoxy groups -OCH3 is 3. The second-order valence-corrected chi connectivity index (χ2v) is 6.69. The van der Waals surface area contributed by atoms with Crippen LogP contribution >= 0.6 is 0 Å². The third-order valence-electron chi connectivity index (χ3n) is 4.52. The first kappa shape index (κ1) is 20.3. The molecule has 1 heterocycles. The molecule has 0 unspecified atom stereocenters. The van der Waals surface area contributed by atoms with E-state index in [-0.39, 0.29) is 45.7 Å². The fraction of sp³-hybridized carbons (Fsp3) is 0.286. The van der Waals surface area contributed by atoms with Gasteiger partial charge in [0, 0.05) is 10.9 Å². The third-order valence-corrected chi connectivity index (χ3v) is 4.52. The van der Waals surface area contributed by atoms with Crippen LogP contribution in [-0.2, 0) is 6.54 Å². The number of carbonyl (C=O) groups is 1. The smallest absolute Gasteiger partial charge is 0.202 e. The average molecular weight is 401 g/mol. The number of nitrogens with zero attached hydrogens (tertiary/aromatic N) is 1. The number of ether oxygens (including phenoxy) is 3. The van der Waals surface area contributed by atoms with Crippen molar-refractivity contribution < 1.29 is 33.6 Å². The molecule has 0 atom stereocenters. The lowest BCUT2D eigenvalue weighted by atomic mass is 9.99. The van der Waals surface area contributed by atoms with E-state index in [0.29, 0.717) is 23.3 Å². The van der Waals surface area contributed by atoms with Crippen LogP contribution in [0.3, 0.4) is 0 Å². The summed E-state index contributed by atoms with van der Waals surface area (Å²) in [6.07, 6.45) is 0. The van der Waals surface area contributed by atoms with Crippen molar-refractivity contribution in [3.63, 3.8) is 0 Å². The number of fused-ring (bicyclic) bond motifs is 1. The lowest BCUT2D eigenvalue weighted by molar-refractivity contribution is 0.103. The predicted octanol–water partition coefficient (Wildman–Crippen LogP) is 3.16. The Morgan fingerprint density at radius 1 is 0.966 bits per heavy atom. The number of hydrogen-bond acceptors (Lipinski definition) is 8. The van der Waals surface area contributed by atoms with Crippen LogP contribution < -0.4 is 14.2 Å². The predicted molar refractivity (Wildman–Crippen MR) is 106 cm³/mol. The molecule has 0 aliphatic carbocycles. The molecule has 1 aromatic heterocycles. The fourth-order valence-electron chi connectivity index (χ4n) is 3.16. The lowest BCUT2D eigenvalue weighted by Crippen LogP contribution is -2.13. The van der Waals surface area contributed by atoms with Crippen molar-refractivity contribution >= 4 is 16.8 Å². The molecule has 8 nitrogen and oxygen atoms in total. The molecule has 0 saturated heterocycles. The summed E-state index contributed by atoms with van der Waals surface area (Å²) in [6, 6.07) is 6.10. The van der Waals surface area contributed by atoms with Gasteiger partial charge in [0.15, 0.2) is 28.6 Å². The van der Waals surface area contributed by atoms with Gasteiger partial charge in [0.1, 0.15) is 5.76 Å². The SMILES string of the molecule is COc1cc(C(=O)c2c(CN(C)C)oc3c(O)c(OC)ccc23)cc(OC)c1O. The van der Waals surface area contributed by atoms with Gasteiger partial charge >= 0.3 is 0 Å². The van der Waals surface area contributed by atoms with Crippen LogP contribution in [0.15, 0.2) is 28.7 Å². The maximum Gasteiger partial charge on any atom is 0.202 e. The van der Waals surface area contributed by atoms with Crippen molar-refractivity contribution in [2.45, 2.75) is 6.54 Å². The number of aromatic hydroxyl groups is 2. The van der Waals surface area contributed by atoms with Crippen LogP contribution in [0.2, 0.25) is 0 Å². The van der Waals surface area contributed by atoms with Crippen molar-refractivity contribution in [3.8, 4) is 28.7 Å². The minimum atomic E-state index is -0.359. The summed E-state index contributed by atoms with van der Waals surface area (Å²) in [7, 11) is 7.89. The first-order valence-electron chi connectivity index (χ1n) is 8.78. The highest BCUT2D eigenvalue weighted by Gasteiger charge is 2.27. The molecule has 0 spiro atoms. The summed E-state index contributed by atoms with van der Waals surface area (Å²) in [5.74, 6) is 0.128. The van der Waals surface area contributed by atoms with E-state index in [1.807, 2.05) is 19.0 Å². The first-order valence-corrected chi connectivity index (χ1v) is 8.78. The number of carbonyl (C=O) groups excluding carboxylic acids is 1. The van der Waals surface area contributed by atoms with Crippen LogP contribution in [0.1, 0.15) is 21.7 Å². The van der Waals surface area contributed by atoms with Crippen molar-refractivity contribution in [2.75, 3.05) is 35.4 Å². The standard InChI is InChI=1S/C21H23NO7/c1-22(2)10-16-17(12-6-7-13(26-3)20(25)21(12)29-16)18(23)11-8-14(27-4)19(24)15(9-11)28-5/h6-9,24-25H,10H2,1-5H3. The number of rotatable bonds is 7. The Kier molecular flexibility index (Phi) is 5.56. The van der Waals surface area contributed by atoms with Crippen molar-refractivity contribution in [1.82, 2.24) is 4.90 Å². The Hall–Kier alpha value is -3.39. The molecule has 0 fully saturated rings. The van der Waals surface area contributed by atoms with E-state index in [2.05, 4.69) is 0 Å². The summed E-state index contributed by atoms with van der Waals surface area (Å²) in [6.45, 7) is 0.337. The molecular formula is C21H23NO7. The molecule has 2 N–H and O–H groups in total. The highest BCUT2D eigenvalue weighted by molar-refractivity contribution is 6.18. The van der Waals surface area contributed by atoms with Gasteiger partial charge in [0.25, 0.3) is 0 Å². The van der Waals surface area contributed by atoms with E-state index in [1.54, 1.807) is 12.1 Å². The Balaban J connectivity index is 2.25. The second kappa shape index (κ2) is 7.92. The van der Waals surface area contributed by atoms with Gasteiger partial charge in [-0.1, -0.05) is 0 Å².